The molecule has 0 aliphatic rings. The summed E-state index contributed by atoms with van der Waals surface area (Å²) in [5.74, 6) is -0.202. The van der Waals surface area contributed by atoms with E-state index in [9.17, 15) is 9.90 Å². The van der Waals surface area contributed by atoms with Gasteiger partial charge in [-0.15, -0.1) is 0 Å². The van der Waals surface area contributed by atoms with E-state index in [1.54, 1.807) is 18.2 Å². The molecule has 0 saturated heterocycles. The van der Waals surface area contributed by atoms with Crippen LogP contribution in [0.25, 0.3) is 11.5 Å². The van der Waals surface area contributed by atoms with E-state index in [-0.39, 0.29) is 17.3 Å². The Balaban J connectivity index is 2.01. The summed E-state index contributed by atoms with van der Waals surface area (Å²) in [6.45, 7) is 1.97. The molecule has 0 spiro atoms. The number of benzene rings is 3. The Bertz CT molecular complexity index is 1110. The largest absolute Gasteiger partial charge is 0.507 e. The van der Waals surface area contributed by atoms with Crippen molar-refractivity contribution >= 4 is 5.91 Å². The van der Waals surface area contributed by atoms with Gasteiger partial charge in [0, 0.05) is 0 Å². The number of hydrogen-bond donors (Lipinski definition) is 2. The normalized spacial score (nSPS) is 11.3. The number of rotatable bonds is 5. The lowest BCUT2D eigenvalue weighted by molar-refractivity contribution is 0.0993. The third kappa shape index (κ3) is 3.17. The topological polar surface area (TPSA) is 89.3 Å². The molecule has 4 aromatic rings. The van der Waals surface area contributed by atoms with Crippen LogP contribution in [0.3, 0.4) is 0 Å². The van der Waals surface area contributed by atoms with Crippen LogP contribution in [-0.4, -0.2) is 16.0 Å². The number of oxazole rings is 1. The van der Waals surface area contributed by atoms with Gasteiger partial charge in [-0.05, 0) is 30.2 Å². The van der Waals surface area contributed by atoms with E-state index < -0.39 is 11.3 Å². The molecule has 0 atom stereocenters. The van der Waals surface area contributed by atoms with Crippen LogP contribution in [0.2, 0.25) is 0 Å². The lowest BCUT2D eigenvalue weighted by Crippen LogP contribution is -2.28. The molecule has 3 aromatic carbocycles. The number of nitrogens with zero attached hydrogens (tertiary/aromatic N) is 1. The monoisotopic (exact) mass is 384 g/mol. The van der Waals surface area contributed by atoms with Gasteiger partial charge >= 0.3 is 0 Å². The number of aromatic hydroxyl groups is 1. The molecule has 0 fully saturated rings. The van der Waals surface area contributed by atoms with Gasteiger partial charge in [0.2, 0.25) is 5.89 Å². The fraction of sp³-hybridized carbons (Fsp3) is 0.0833. The molecule has 0 aliphatic carbocycles. The van der Waals surface area contributed by atoms with Gasteiger partial charge in [-0.3, -0.25) is 4.79 Å². The Kier molecular flexibility index (Phi) is 4.64. The smallest absolute Gasteiger partial charge is 0.271 e. The van der Waals surface area contributed by atoms with Gasteiger partial charge in [-0.2, -0.15) is 0 Å². The van der Waals surface area contributed by atoms with E-state index in [1.807, 2.05) is 67.6 Å². The minimum absolute atomic E-state index is 0.0115. The van der Waals surface area contributed by atoms with Crippen molar-refractivity contribution in [2.24, 2.45) is 5.73 Å². The number of aromatic nitrogens is 1. The van der Waals surface area contributed by atoms with E-state index in [1.165, 1.54) is 6.07 Å². The zero-order valence-corrected chi connectivity index (χ0v) is 15.9. The van der Waals surface area contributed by atoms with Crippen LogP contribution < -0.4 is 5.73 Å². The van der Waals surface area contributed by atoms with Crippen LogP contribution in [-0.2, 0) is 5.41 Å². The average molecular weight is 384 g/mol. The molecule has 1 amide bonds. The molecule has 29 heavy (non-hydrogen) atoms. The number of para-hydroxylation sites is 1. The summed E-state index contributed by atoms with van der Waals surface area (Å²) in [4.78, 5) is 16.7. The summed E-state index contributed by atoms with van der Waals surface area (Å²) in [7, 11) is 0. The standard InChI is InChI=1S/C24H20N2O3/c1-24(16-10-4-2-5-11-16,17-12-6-3-7-13-17)21-20(22(25)28)26-23(29-21)18-14-8-9-15-19(18)27/h2-15,27H,1H3,(H2,25,28). The SMILES string of the molecule is CC(c1ccccc1)(c1ccccc1)c1oc(-c2ccccc2O)nc1C(N)=O. The Labute approximate surface area is 168 Å². The molecule has 0 unspecified atom stereocenters. The van der Waals surface area contributed by atoms with Crippen LogP contribution in [0.15, 0.2) is 89.3 Å². The lowest BCUT2D eigenvalue weighted by Gasteiger charge is -2.29. The molecule has 0 bridgehead atoms. The fourth-order valence-corrected chi connectivity index (χ4v) is 3.57. The summed E-state index contributed by atoms with van der Waals surface area (Å²) >= 11 is 0. The number of phenols is 1. The van der Waals surface area contributed by atoms with Crippen molar-refractivity contribution in [2.75, 3.05) is 0 Å². The molecular weight excluding hydrogens is 364 g/mol. The van der Waals surface area contributed by atoms with Gasteiger partial charge in [-0.1, -0.05) is 72.8 Å². The maximum absolute atomic E-state index is 12.3. The van der Waals surface area contributed by atoms with Crippen LogP contribution in [0.4, 0.5) is 0 Å². The summed E-state index contributed by atoms with van der Waals surface area (Å²) in [6.07, 6.45) is 0. The molecule has 0 saturated carbocycles. The van der Waals surface area contributed by atoms with Crippen molar-refractivity contribution in [2.45, 2.75) is 12.3 Å². The van der Waals surface area contributed by atoms with Gasteiger partial charge in [0.1, 0.15) is 5.75 Å². The van der Waals surface area contributed by atoms with Crippen molar-refractivity contribution in [3.8, 4) is 17.2 Å². The third-order valence-corrected chi connectivity index (χ3v) is 5.15. The van der Waals surface area contributed by atoms with Crippen LogP contribution in [0, 0.1) is 0 Å². The number of primary amides is 1. The van der Waals surface area contributed by atoms with E-state index >= 15 is 0 Å². The van der Waals surface area contributed by atoms with E-state index in [4.69, 9.17) is 10.2 Å². The number of phenolic OH excluding ortho intramolecular Hbond substituents is 1. The Morgan fingerprint density at radius 2 is 1.41 bits per heavy atom. The molecule has 3 N–H and O–H groups in total. The first-order valence-electron chi connectivity index (χ1n) is 9.22. The van der Waals surface area contributed by atoms with Crippen molar-refractivity contribution in [3.63, 3.8) is 0 Å². The minimum Gasteiger partial charge on any atom is -0.507 e. The third-order valence-electron chi connectivity index (χ3n) is 5.15. The van der Waals surface area contributed by atoms with E-state index in [0.717, 1.165) is 11.1 Å². The summed E-state index contributed by atoms with van der Waals surface area (Å²) in [5.41, 5.74) is 7.14. The number of amides is 1. The average Bonchev–Trinajstić information content (AvgIpc) is 3.21. The fourth-order valence-electron chi connectivity index (χ4n) is 3.57. The minimum atomic E-state index is -0.817. The second kappa shape index (κ2) is 7.28. The molecule has 5 heteroatoms. The molecule has 144 valence electrons. The zero-order valence-electron chi connectivity index (χ0n) is 15.9. The first kappa shape index (κ1) is 18.5. The molecule has 5 nitrogen and oxygen atoms in total. The molecule has 1 aromatic heterocycles. The molecular formula is C24H20N2O3. The van der Waals surface area contributed by atoms with E-state index in [2.05, 4.69) is 4.98 Å². The highest BCUT2D eigenvalue weighted by molar-refractivity contribution is 5.93. The predicted octanol–water partition coefficient (Wildman–Crippen LogP) is 4.50. The number of hydrogen-bond acceptors (Lipinski definition) is 4. The van der Waals surface area contributed by atoms with Gasteiger partial charge < -0.3 is 15.3 Å². The zero-order chi connectivity index (χ0) is 20.4. The summed E-state index contributed by atoms with van der Waals surface area (Å²) < 4.78 is 6.15. The van der Waals surface area contributed by atoms with Crippen molar-refractivity contribution in [3.05, 3.63) is 108 Å². The number of carbonyl (C=O) groups excluding carboxylic acids is 1. The highest BCUT2D eigenvalue weighted by Gasteiger charge is 2.39. The second-order valence-electron chi connectivity index (χ2n) is 6.94. The van der Waals surface area contributed by atoms with Crippen molar-refractivity contribution < 1.29 is 14.3 Å². The van der Waals surface area contributed by atoms with Crippen LogP contribution >= 0.6 is 0 Å². The second-order valence-corrected chi connectivity index (χ2v) is 6.94. The molecule has 4 rings (SSSR count). The molecule has 0 aliphatic heterocycles. The van der Waals surface area contributed by atoms with Gasteiger partial charge in [0.15, 0.2) is 11.5 Å². The van der Waals surface area contributed by atoms with Crippen molar-refractivity contribution in [1.29, 1.82) is 0 Å². The van der Waals surface area contributed by atoms with Gasteiger partial charge in [-0.25, -0.2) is 4.98 Å². The Hall–Kier alpha value is -3.86. The van der Waals surface area contributed by atoms with Crippen LogP contribution in [0.1, 0.15) is 34.3 Å². The highest BCUT2D eigenvalue weighted by atomic mass is 16.4. The summed E-state index contributed by atoms with van der Waals surface area (Å²) in [5, 5.41) is 10.2. The molecule has 0 radical (unpaired) electrons. The van der Waals surface area contributed by atoms with E-state index in [0.29, 0.717) is 11.3 Å². The highest BCUT2D eigenvalue weighted by Crippen LogP contribution is 2.42. The quantitative estimate of drug-likeness (QED) is 0.530. The first-order valence-corrected chi connectivity index (χ1v) is 9.22. The van der Waals surface area contributed by atoms with Gasteiger partial charge in [0.05, 0.1) is 11.0 Å². The number of carbonyl (C=O) groups is 1. The maximum Gasteiger partial charge on any atom is 0.271 e. The lowest BCUT2D eigenvalue weighted by atomic mass is 9.73. The van der Waals surface area contributed by atoms with Gasteiger partial charge in [0.25, 0.3) is 5.91 Å². The first-order chi connectivity index (χ1) is 14.0. The predicted molar refractivity (Wildman–Crippen MR) is 111 cm³/mol. The molecule has 1 heterocycles. The van der Waals surface area contributed by atoms with Crippen LogP contribution in [0.5, 0.6) is 5.75 Å². The Morgan fingerprint density at radius 3 is 1.93 bits per heavy atom. The maximum atomic E-state index is 12.3. The summed E-state index contributed by atoms with van der Waals surface area (Å²) in [6, 6.07) is 26.2. The van der Waals surface area contributed by atoms with Crippen molar-refractivity contribution in [1.82, 2.24) is 4.98 Å². The number of nitrogens with two attached hydrogens (primary N) is 1. The Morgan fingerprint density at radius 1 is 0.897 bits per heavy atom.